The van der Waals surface area contributed by atoms with Gasteiger partial charge in [0.15, 0.2) is 5.78 Å². The zero-order valence-electron chi connectivity index (χ0n) is 5.29. The molecule has 1 aromatic heterocycles. The maximum absolute atomic E-state index is 10.8. The third-order valence-corrected chi connectivity index (χ3v) is 1.52. The first-order valence-corrected chi connectivity index (χ1v) is 3.10. The molecule has 1 aliphatic carbocycles. The third kappa shape index (κ3) is 0.673. The number of Topliss-reactive ketones (excluding diaryl/α,β-unsaturated/α-hetero) is 1. The van der Waals surface area contributed by atoms with Crippen LogP contribution in [0.1, 0.15) is 6.42 Å². The minimum atomic E-state index is 0.147. The number of aromatic nitrogens is 2. The molecule has 0 saturated heterocycles. The molecule has 0 saturated carbocycles. The maximum Gasteiger partial charge on any atom is 0.160 e. The molecule has 10 heavy (non-hydrogen) atoms. The Bertz CT molecular complexity index is 375. The van der Waals surface area contributed by atoms with Crippen molar-refractivity contribution in [2.45, 2.75) is 6.42 Å². The Morgan fingerprint density at radius 2 is 2.50 bits per heavy atom. The number of carbonyl (C=O) groups is 1. The Morgan fingerprint density at radius 3 is 3.40 bits per heavy atom. The molecule has 1 aromatic rings. The number of H-pyrrole nitrogens is 1. The first-order valence-electron chi connectivity index (χ1n) is 3.10. The predicted octanol–water partition coefficient (Wildman–Crippen LogP) is -1.06. The van der Waals surface area contributed by atoms with Crippen LogP contribution in [0, 0.1) is 0 Å². The van der Waals surface area contributed by atoms with Gasteiger partial charge in [-0.05, 0) is 6.08 Å². The fraction of sp³-hybridized carbons (Fsp3) is 0.143. The van der Waals surface area contributed by atoms with E-state index < -0.39 is 0 Å². The predicted molar refractivity (Wildman–Crippen MR) is 36.4 cm³/mol. The van der Waals surface area contributed by atoms with Crippen LogP contribution >= 0.6 is 0 Å². The summed E-state index contributed by atoms with van der Waals surface area (Å²) in [7, 11) is 0. The first kappa shape index (κ1) is 5.41. The van der Waals surface area contributed by atoms with Gasteiger partial charge in [0.2, 0.25) is 0 Å². The van der Waals surface area contributed by atoms with Gasteiger partial charge in [0, 0.05) is 11.6 Å². The van der Waals surface area contributed by atoms with Crippen LogP contribution in [0.3, 0.4) is 0 Å². The van der Waals surface area contributed by atoms with Gasteiger partial charge >= 0.3 is 0 Å². The van der Waals surface area contributed by atoms with Gasteiger partial charge in [-0.1, -0.05) is 6.08 Å². The minimum absolute atomic E-state index is 0.147. The lowest BCUT2D eigenvalue weighted by Gasteiger charge is -1.90. The molecule has 0 radical (unpaired) electrons. The second-order valence-corrected chi connectivity index (χ2v) is 2.26. The van der Waals surface area contributed by atoms with Gasteiger partial charge in [-0.2, -0.15) is 5.10 Å². The Morgan fingerprint density at radius 1 is 1.60 bits per heavy atom. The number of nitrogens with zero attached hydrogens (tertiary/aromatic N) is 1. The van der Waals surface area contributed by atoms with Gasteiger partial charge in [0.25, 0.3) is 0 Å². The SMILES string of the molecule is O=C1C=c2cn[nH]c2=CC1. The van der Waals surface area contributed by atoms with Gasteiger partial charge in [-0.3, -0.25) is 9.89 Å². The van der Waals surface area contributed by atoms with E-state index in [0.717, 1.165) is 10.6 Å². The number of carbonyl (C=O) groups excluding carboxylic acids is 1. The summed E-state index contributed by atoms with van der Waals surface area (Å²) in [4.78, 5) is 10.8. The average Bonchev–Trinajstić information content (AvgIpc) is 2.33. The molecule has 0 unspecified atom stereocenters. The van der Waals surface area contributed by atoms with E-state index in [2.05, 4.69) is 10.2 Å². The van der Waals surface area contributed by atoms with Crippen molar-refractivity contribution in [1.82, 2.24) is 10.2 Å². The molecule has 50 valence electrons. The molecule has 1 N–H and O–H groups in total. The van der Waals surface area contributed by atoms with E-state index in [1.165, 1.54) is 0 Å². The monoisotopic (exact) mass is 134 g/mol. The van der Waals surface area contributed by atoms with Crippen molar-refractivity contribution in [2.75, 3.05) is 0 Å². The largest absolute Gasteiger partial charge is 0.294 e. The fourth-order valence-electron chi connectivity index (χ4n) is 1.02. The lowest BCUT2D eigenvalue weighted by molar-refractivity contribution is -0.112. The number of nitrogens with one attached hydrogen (secondary N) is 1. The summed E-state index contributed by atoms with van der Waals surface area (Å²) < 4.78 is 0. The third-order valence-electron chi connectivity index (χ3n) is 1.52. The highest BCUT2D eigenvalue weighted by Crippen LogP contribution is 1.87. The van der Waals surface area contributed by atoms with Gasteiger partial charge < -0.3 is 0 Å². The van der Waals surface area contributed by atoms with Gasteiger partial charge in [0.05, 0.1) is 11.5 Å². The molecule has 0 bridgehead atoms. The average molecular weight is 134 g/mol. The second kappa shape index (κ2) is 1.80. The van der Waals surface area contributed by atoms with E-state index in [-0.39, 0.29) is 5.78 Å². The van der Waals surface area contributed by atoms with Crippen LogP contribution in [0.5, 0.6) is 0 Å². The van der Waals surface area contributed by atoms with E-state index in [0.29, 0.717) is 6.42 Å². The molecule has 3 heteroatoms. The van der Waals surface area contributed by atoms with Crippen LogP contribution in [-0.2, 0) is 4.79 Å². The smallest absolute Gasteiger partial charge is 0.160 e. The van der Waals surface area contributed by atoms with Gasteiger partial charge in [-0.15, -0.1) is 0 Å². The summed E-state index contributed by atoms with van der Waals surface area (Å²) in [5, 5.41) is 8.44. The highest BCUT2D eigenvalue weighted by molar-refractivity contribution is 6.08. The fourth-order valence-corrected chi connectivity index (χ4v) is 1.02. The van der Waals surface area contributed by atoms with Crippen molar-refractivity contribution < 1.29 is 4.79 Å². The van der Waals surface area contributed by atoms with Crippen molar-refractivity contribution in [3.8, 4) is 0 Å². The van der Waals surface area contributed by atoms with E-state index in [1.54, 1.807) is 12.3 Å². The zero-order valence-corrected chi connectivity index (χ0v) is 5.29. The molecular formula is C7H6N2O. The van der Waals surface area contributed by atoms with Crippen LogP contribution in [-0.4, -0.2) is 16.0 Å². The molecule has 0 fully saturated rings. The molecule has 1 heterocycles. The summed E-state index contributed by atoms with van der Waals surface area (Å²) in [6, 6.07) is 0. The summed E-state index contributed by atoms with van der Waals surface area (Å²) in [6.07, 6.45) is 5.61. The zero-order chi connectivity index (χ0) is 6.97. The molecule has 0 aromatic carbocycles. The lowest BCUT2D eigenvalue weighted by atomic mass is 10.1. The Labute approximate surface area is 57.1 Å². The minimum Gasteiger partial charge on any atom is -0.294 e. The van der Waals surface area contributed by atoms with Gasteiger partial charge in [0.1, 0.15) is 0 Å². The summed E-state index contributed by atoms with van der Waals surface area (Å²) >= 11 is 0. The Hall–Kier alpha value is -1.38. The molecule has 2 rings (SSSR count). The van der Waals surface area contributed by atoms with Crippen molar-refractivity contribution in [2.24, 2.45) is 0 Å². The normalized spacial score (nSPS) is 15.4. The molecule has 0 atom stereocenters. The highest BCUT2D eigenvalue weighted by Gasteiger charge is 2.00. The topological polar surface area (TPSA) is 45.8 Å². The molecular weight excluding hydrogens is 128 g/mol. The quantitative estimate of drug-likeness (QED) is 0.491. The molecule has 3 nitrogen and oxygen atoms in total. The number of aromatic amines is 1. The molecule has 0 aliphatic heterocycles. The van der Waals surface area contributed by atoms with E-state index in [4.69, 9.17) is 0 Å². The number of ketones is 1. The van der Waals surface area contributed by atoms with E-state index in [9.17, 15) is 4.79 Å². The standard InChI is InChI=1S/C7H6N2O/c10-6-1-2-7-5(3-6)4-8-9-7/h2-4,9H,1H2. The van der Waals surface area contributed by atoms with Crippen molar-refractivity contribution in [3.05, 3.63) is 16.8 Å². The summed E-state index contributed by atoms with van der Waals surface area (Å²) in [6.45, 7) is 0. The number of fused-ring (bicyclic) bond motifs is 1. The van der Waals surface area contributed by atoms with Crippen LogP contribution in [0.25, 0.3) is 12.2 Å². The summed E-state index contributed by atoms with van der Waals surface area (Å²) in [5.74, 6) is 0.147. The van der Waals surface area contributed by atoms with E-state index >= 15 is 0 Å². The Balaban J connectivity index is 2.85. The van der Waals surface area contributed by atoms with Crippen LogP contribution in [0.4, 0.5) is 0 Å². The molecule has 0 amide bonds. The van der Waals surface area contributed by atoms with Crippen LogP contribution in [0.2, 0.25) is 0 Å². The first-order chi connectivity index (χ1) is 4.86. The van der Waals surface area contributed by atoms with Crippen LogP contribution < -0.4 is 10.6 Å². The van der Waals surface area contributed by atoms with E-state index in [1.807, 2.05) is 6.08 Å². The molecule has 0 spiro atoms. The van der Waals surface area contributed by atoms with Gasteiger partial charge in [-0.25, -0.2) is 0 Å². The number of hydrogen-bond donors (Lipinski definition) is 1. The number of rotatable bonds is 0. The maximum atomic E-state index is 10.8. The highest BCUT2D eigenvalue weighted by atomic mass is 16.1. The lowest BCUT2D eigenvalue weighted by Crippen LogP contribution is -2.26. The second-order valence-electron chi connectivity index (χ2n) is 2.26. The van der Waals surface area contributed by atoms with Crippen molar-refractivity contribution in [3.63, 3.8) is 0 Å². The Kier molecular flexibility index (Phi) is 0.974. The van der Waals surface area contributed by atoms with Crippen LogP contribution in [0.15, 0.2) is 6.20 Å². The van der Waals surface area contributed by atoms with Crippen molar-refractivity contribution in [1.29, 1.82) is 0 Å². The summed E-state index contributed by atoms with van der Waals surface area (Å²) in [5.41, 5.74) is 0. The number of hydrogen-bond acceptors (Lipinski definition) is 2. The van der Waals surface area contributed by atoms with Crippen molar-refractivity contribution >= 4 is 17.9 Å². The molecule has 1 aliphatic rings.